The summed E-state index contributed by atoms with van der Waals surface area (Å²) in [5.41, 5.74) is 7.06. The Hall–Kier alpha value is -1.55. The minimum Gasteiger partial charge on any atom is -0.493 e. The van der Waals surface area contributed by atoms with Crippen molar-refractivity contribution in [3.8, 4) is 11.5 Å². The average Bonchev–Trinajstić information content (AvgIpc) is 2.25. The number of ether oxygens (including phenoxy) is 2. The SMILES string of the molecule is COc1cc(CC(C)(C)N)cc(C=O)c1OC. The van der Waals surface area contributed by atoms with Crippen LogP contribution in [-0.2, 0) is 6.42 Å². The van der Waals surface area contributed by atoms with Crippen LogP contribution in [0.5, 0.6) is 11.5 Å². The van der Waals surface area contributed by atoms with Crippen LogP contribution in [0.2, 0.25) is 0 Å². The van der Waals surface area contributed by atoms with E-state index in [0.29, 0.717) is 23.5 Å². The van der Waals surface area contributed by atoms with Gasteiger partial charge in [0, 0.05) is 5.54 Å². The van der Waals surface area contributed by atoms with Crippen LogP contribution in [0, 0.1) is 0 Å². The summed E-state index contributed by atoms with van der Waals surface area (Å²) in [6, 6.07) is 3.63. The number of rotatable bonds is 5. The maximum absolute atomic E-state index is 11.0. The molecule has 0 spiro atoms. The Morgan fingerprint density at radius 1 is 1.29 bits per heavy atom. The topological polar surface area (TPSA) is 61.5 Å². The second-order valence-corrected chi connectivity index (χ2v) is 4.70. The van der Waals surface area contributed by atoms with Crippen LogP contribution in [0.15, 0.2) is 12.1 Å². The third kappa shape index (κ3) is 3.46. The number of carbonyl (C=O) groups is 1. The summed E-state index contributed by atoms with van der Waals surface area (Å²) in [5.74, 6) is 1.01. The van der Waals surface area contributed by atoms with Crippen molar-refractivity contribution in [2.45, 2.75) is 25.8 Å². The summed E-state index contributed by atoms with van der Waals surface area (Å²) in [7, 11) is 3.06. The zero-order valence-electron chi connectivity index (χ0n) is 10.7. The van der Waals surface area contributed by atoms with Gasteiger partial charge in [0.05, 0.1) is 19.8 Å². The molecule has 0 unspecified atom stereocenters. The van der Waals surface area contributed by atoms with E-state index in [4.69, 9.17) is 15.2 Å². The summed E-state index contributed by atoms with van der Waals surface area (Å²) < 4.78 is 10.4. The normalized spacial score (nSPS) is 11.1. The van der Waals surface area contributed by atoms with Crippen molar-refractivity contribution < 1.29 is 14.3 Å². The zero-order chi connectivity index (χ0) is 13.1. The maximum atomic E-state index is 11.0. The molecule has 0 radical (unpaired) electrons. The van der Waals surface area contributed by atoms with Crippen LogP contribution < -0.4 is 15.2 Å². The van der Waals surface area contributed by atoms with Crippen LogP contribution in [0.1, 0.15) is 29.8 Å². The third-order valence-electron chi connectivity index (χ3n) is 2.35. The highest BCUT2D eigenvalue weighted by molar-refractivity contribution is 5.81. The number of aldehydes is 1. The summed E-state index contributed by atoms with van der Waals surface area (Å²) in [4.78, 5) is 11.0. The predicted molar refractivity (Wildman–Crippen MR) is 66.9 cm³/mol. The number of carbonyl (C=O) groups excluding carboxylic acids is 1. The predicted octanol–water partition coefficient (Wildman–Crippen LogP) is 1.80. The molecule has 0 aromatic heterocycles. The minimum absolute atomic E-state index is 0.334. The smallest absolute Gasteiger partial charge is 0.171 e. The van der Waals surface area contributed by atoms with Gasteiger partial charge in [-0.05, 0) is 38.0 Å². The molecule has 0 saturated carbocycles. The van der Waals surface area contributed by atoms with E-state index in [1.807, 2.05) is 19.9 Å². The lowest BCUT2D eigenvalue weighted by molar-refractivity contribution is 0.111. The van der Waals surface area contributed by atoms with Crippen molar-refractivity contribution in [3.63, 3.8) is 0 Å². The van der Waals surface area contributed by atoms with Crippen LogP contribution in [0.3, 0.4) is 0 Å². The van der Waals surface area contributed by atoms with E-state index in [1.54, 1.807) is 13.2 Å². The molecule has 1 aromatic carbocycles. The molecule has 1 rings (SSSR count). The van der Waals surface area contributed by atoms with E-state index in [2.05, 4.69) is 0 Å². The van der Waals surface area contributed by atoms with Gasteiger partial charge in [0.15, 0.2) is 17.8 Å². The van der Waals surface area contributed by atoms with Gasteiger partial charge in [-0.3, -0.25) is 4.79 Å². The fraction of sp³-hybridized carbons (Fsp3) is 0.462. The van der Waals surface area contributed by atoms with E-state index in [1.165, 1.54) is 7.11 Å². The molecule has 94 valence electrons. The third-order valence-corrected chi connectivity index (χ3v) is 2.35. The van der Waals surface area contributed by atoms with Crippen molar-refractivity contribution in [1.82, 2.24) is 0 Å². The lowest BCUT2D eigenvalue weighted by Crippen LogP contribution is -2.34. The molecular weight excluding hydrogens is 218 g/mol. The van der Waals surface area contributed by atoms with E-state index in [0.717, 1.165) is 11.8 Å². The summed E-state index contributed by atoms with van der Waals surface area (Å²) in [6.45, 7) is 3.87. The molecule has 0 fully saturated rings. The van der Waals surface area contributed by atoms with Gasteiger partial charge >= 0.3 is 0 Å². The van der Waals surface area contributed by atoms with Crippen LogP contribution in [0.4, 0.5) is 0 Å². The van der Waals surface area contributed by atoms with Gasteiger partial charge in [-0.2, -0.15) is 0 Å². The Kier molecular flexibility index (Phi) is 4.12. The lowest BCUT2D eigenvalue weighted by Gasteiger charge is -2.20. The van der Waals surface area contributed by atoms with E-state index >= 15 is 0 Å². The largest absolute Gasteiger partial charge is 0.493 e. The van der Waals surface area contributed by atoms with Crippen molar-refractivity contribution in [3.05, 3.63) is 23.3 Å². The fourth-order valence-electron chi connectivity index (χ4n) is 1.77. The molecule has 4 nitrogen and oxygen atoms in total. The van der Waals surface area contributed by atoms with Crippen molar-refractivity contribution in [2.24, 2.45) is 5.73 Å². The second kappa shape index (κ2) is 5.19. The van der Waals surface area contributed by atoms with Crippen molar-refractivity contribution in [2.75, 3.05) is 14.2 Å². The molecule has 0 amide bonds. The average molecular weight is 237 g/mol. The quantitative estimate of drug-likeness (QED) is 0.793. The fourth-order valence-corrected chi connectivity index (χ4v) is 1.77. The Morgan fingerprint density at radius 3 is 2.35 bits per heavy atom. The van der Waals surface area contributed by atoms with Gasteiger partial charge in [0.2, 0.25) is 0 Å². The Labute approximate surface area is 102 Å². The molecular formula is C13H19NO3. The Bertz CT molecular complexity index is 408. The van der Waals surface area contributed by atoms with Crippen molar-refractivity contribution in [1.29, 1.82) is 0 Å². The van der Waals surface area contributed by atoms with Gasteiger partial charge in [0.1, 0.15) is 0 Å². The summed E-state index contributed by atoms with van der Waals surface area (Å²) >= 11 is 0. The van der Waals surface area contributed by atoms with E-state index in [9.17, 15) is 4.79 Å². The summed E-state index contributed by atoms with van der Waals surface area (Å²) in [5, 5.41) is 0. The maximum Gasteiger partial charge on any atom is 0.171 e. The number of hydrogen-bond donors (Lipinski definition) is 1. The molecule has 0 aliphatic carbocycles. The number of benzene rings is 1. The monoisotopic (exact) mass is 237 g/mol. The van der Waals surface area contributed by atoms with Crippen LogP contribution >= 0.6 is 0 Å². The molecule has 0 heterocycles. The first-order valence-electron chi connectivity index (χ1n) is 5.40. The number of methoxy groups -OCH3 is 2. The van der Waals surface area contributed by atoms with Gasteiger partial charge < -0.3 is 15.2 Å². The first-order valence-corrected chi connectivity index (χ1v) is 5.40. The molecule has 0 aliphatic heterocycles. The number of hydrogen-bond acceptors (Lipinski definition) is 4. The molecule has 0 atom stereocenters. The molecule has 0 aliphatic rings. The molecule has 0 saturated heterocycles. The van der Waals surface area contributed by atoms with Gasteiger partial charge in [-0.25, -0.2) is 0 Å². The van der Waals surface area contributed by atoms with Crippen LogP contribution in [0.25, 0.3) is 0 Å². The van der Waals surface area contributed by atoms with Gasteiger partial charge in [0.25, 0.3) is 0 Å². The molecule has 1 aromatic rings. The van der Waals surface area contributed by atoms with Crippen LogP contribution in [-0.4, -0.2) is 26.0 Å². The lowest BCUT2D eigenvalue weighted by atomic mass is 9.95. The summed E-state index contributed by atoms with van der Waals surface area (Å²) in [6.07, 6.45) is 1.42. The highest BCUT2D eigenvalue weighted by Crippen LogP contribution is 2.32. The molecule has 17 heavy (non-hydrogen) atoms. The molecule has 4 heteroatoms. The highest BCUT2D eigenvalue weighted by atomic mass is 16.5. The molecule has 0 bridgehead atoms. The van der Waals surface area contributed by atoms with Crippen molar-refractivity contribution >= 4 is 6.29 Å². The highest BCUT2D eigenvalue weighted by Gasteiger charge is 2.16. The van der Waals surface area contributed by atoms with E-state index < -0.39 is 0 Å². The van der Waals surface area contributed by atoms with Gasteiger partial charge in [-0.1, -0.05) is 0 Å². The minimum atomic E-state index is -0.334. The standard InChI is InChI=1S/C13H19NO3/c1-13(2,14)7-9-5-10(8-15)12(17-4)11(6-9)16-3/h5-6,8H,7,14H2,1-4H3. The Morgan fingerprint density at radius 2 is 1.94 bits per heavy atom. The van der Waals surface area contributed by atoms with E-state index in [-0.39, 0.29) is 5.54 Å². The first kappa shape index (κ1) is 13.5. The first-order chi connectivity index (χ1) is 7.91. The number of nitrogens with two attached hydrogens (primary N) is 1. The molecule has 2 N–H and O–H groups in total. The van der Waals surface area contributed by atoms with Gasteiger partial charge in [-0.15, -0.1) is 0 Å². The Balaban J connectivity index is 3.22. The zero-order valence-corrected chi connectivity index (χ0v) is 10.7. The second-order valence-electron chi connectivity index (χ2n) is 4.70.